The standard InChI is InChI=1S/C36H42O4/c1-36(2)18-6-11-34(36)33-19-24(12-17-31(33)26-7-5-10-30(21-26)40-28-15-16-28)23-39-29-9-4-8-27(20-29)32(25-13-14-25)22-35(37)38-3/h4-5,7-10,12,17,19-21,25,28,32,34H,6,11,13-16,18,22-23H2,1-3H3/t32-,34-/m0/s1. The van der Waals surface area contributed by atoms with E-state index >= 15 is 0 Å². The molecule has 3 saturated carbocycles. The van der Waals surface area contributed by atoms with Crippen LogP contribution in [0.1, 0.15) is 93.7 Å². The van der Waals surface area contributed by atoms with Crippen LogP contribution in [0.25, 0.3) is 11.1 Å². The van der Waals surface area contributed by atoms with Crippen molar-refractivity contribution < 1.29 is 19.0 Å². The van der Waals surface area contributed by atoms with E-state index in [1.54, 1.807) is 0 Å². The van der Waals surface area contributed by atoms with Crippen molar-refractivity contribution in [2.75, 3.05) is 7.11 Å². The Labute approximate surface area is 239 Å². The first-order valence-electron chi connectivity index (χ1n) is 15.1. The van der Waals surface area contributed by atoms with E-state index in [1.807, 2.05) is 12.1 Å². The van der Waals surface area contributed by atoms with Crippen molar-refractivity contribution in [3.63, 3.8) is 0 Å². The minimum atomic E-state index is -0.143. The molecule has 0 aliphatic heterocycles. The highest BCUT2D eigenvalue weighted by molar-refractivity contribution is 5.71. The van der Waals surface area contributed by atoms with E-state index in [9.17, 15) is 4.79 Å². The van der Waals surface area contributed by atoms with Crippen molar-refractivity contribution in [1.29, 1.82) is 0 Å². The summed E-state index contributed by atoms with van der Waals surface area (Å²) in [5.74, 6) is 2.95. The van der Waals surface area contributed by atoms with Gasteiger partial charge in [-0.3, -0.25) is 4.79 Å². The van der Waals surface area contributed by atoms with Crippen LogP contribution in [0.3, 0.4) is 0 Å². The van der Waals surface area contributed by atoms with Crippen LogP contribution < -0.4 is 9.47 Å². The Morgan fingerprint density at radius 2 is 1.73 bits per heavy atom. The lowest BCUT2D eigenvalue weighted by molar-refractivity contribution is -0.141. The molecule has 0 bridgehead atoms. The zero-order valence-corrected chi connectivity index (χ0v) is 24.2. The van der Waals surface area contributed by atoms with E-state index in [2.05, 4.69) is 68.4 Å². The van der Waals surface area contributed by atoms with Gasteiger partial charge < -0.3 is 14.2 Å². The average Bonchev–Trinajstić information content (AvgIpc) is 3.90. The zero-order valence-electron chi connectivity index (χ0n) is 24.2. The number of carbonyl (C=O) groups is 1. The number of hydrogen-bond donors (Lipinski definition) is 0. The van der Waals surface area contributed by atoms with Gasteiger partial charge in [-0.1, -0.05) is 62.7 Å². The van der Waals surface area contributed by atoms with Crippen LogP contribution in [-0.4, -0.2) is 19.2 Å². The summed E-state index contributed by atoms with van der Waals surface area (Å²) in [4.78, 5) is 12.0. The van der Waals surface area contributed by atoms with Gasteiger partial charge in [-0.25, -0.2) is 0 Å². The molecule has 0 saturated heterocycles. The van der Waals surface area contributed by atoms with Crippen LogP contribution in [0, 0.1) is 11.3 Å². The van der Waals surface area contributed by atoms with Crippen LogP contribution in [0.2, 0.25) is 0 Å². The molecule has 6 rings (SSSR count). The van der Waals surface area contributed by atoms with Gasteiger partial charge >= 0.3 is 5.97 Å². The Morgan fingerprint density at radius 3 is 2.45 bits per heavy atom. The van der Waals surface area contributed by atoms with Crippen LogP contribution >= 0.6 is 0 Å². The molecular weight excluding hydrogens is 496 g/mol. The molecule has 0 spiro atoms. The van der Waals surface area contributed by atoms with Crippen molar-refractivity contribution in [2.24, 2.45) is 11.3 Å². The number of hydrogen-bond acceptors (Lipinski definition) is 4. The van der Waals surface area contributed by atoms with E-state index in [0.29, 0.717) is 31.0 Å². The van der Waals surface area contributed by atoms with Crippen LogP contribution in [-0.2, 0) is 16.1 Å². The van der Waals surface area contributed by atoms with Crippen LogP contribution in [0.4, 0.5) is 0 Å². The lowest BCUT2D eigenvalue weighted by Gasteiger charge is -2.30. The molecule has 3 aromatic rings. The maximum Gasteiger partial charge on any atom is 0.306 e. The molecule has 210 valence electrons. The van der Waals surface area contributed by atoms with Gasteiger partial charge in [0.2, 0.25) is 0 Å². The lowest BCUT2D eigenvalue weighted by atomic mass is 9.75. The molecule has 0 aromatic heterocycles. The zero-order chi connectivity index (χ0) is 27.7. The van der Waals surface area contributed by atoms with Crippen molar-refractivity contribution in [2.45, 2.75) is 89.8 Å². The molecule has 3 aliphatic rings. The predicted octanol–water partition coefficient (Wildman–Crippen LogP) is 8.82. The van der Waals surface area contributed by atoms with Gasteiger partial charge in [0.1, 0.15) is 18.1 Å². The first-order chi connectivity index (χ1) is 19.4. The molecular formula is C36H42O4. The van der Waals surface area contributed by atoms with Gasteiger partial charge in [0.05, 0.1) is 19.6 Å². The fourth-order valence-corrected chi connectivity index (χ4v) is 6.59. The molecule has 0 unspecified atom stereocenters. The Morgan fingerprint density at radius 1 is 0.925 bits per heavy atom. The molecule has 3 fully saturated rings. The van der Waals surface area contributed by atoms with Gasteiger partial charge in [-0.15, -0.1) is 0 Å². The maximum absolute atomic E-state index is 12.0. The molecule has 0 N–H and O–H groups in total. The monoisotopic (exact) mass is 538 g/mol. The van der Waals surface area contributed by atoms with Crippen molar-refractivity contribution >= 4 is 5.97 Å². The summed E-state index contributed by atoms with van der Waals surface area (Å²) in [6, 6.07) is 23.8. The maximum atomic E-state index is 12.0. The minimum absolute atomic E-state index is 0.143. The summed E-state index contributed by atoms with van der Waals surface area (Å²) in [6.45, 7) is 5.35. The molecule has 2 atom stereocenters. The number of benzene rings is 3. The molecule has 40 heavy (non-hydrogen) atoms. The smallest absolute Gasteiger partial charge is 0.306 e. The summed E-state index contributed by atoms with van der Waals surface area (Å²) < 4.78 is 17.5. The minimum Gasteiger partial charge on any atom is -0.490 e. The number of rotatable bonds is 11. The largest absolute Gasteiger partial charge is 0.490 e. The average molecular weight is 539 g/mol. The second kappa shape index (κ2) is 11.3. The van der Waals surface area contributed by atoms with Gasteiger partial charge in [-0.2, -0.15) is 0 Å². The number of ether oxygens (including phenoxy) is 3. The number of methoxy groups -OCH3 is 1. The fourth-order valence-electron chi connectivity index (χ4n) is 6.59. The van der Waals surface area contributed by atoms with E-state index in [4.69, 9.17) is 14.2 Å². The van der Waals surface area contributed by atoms with E-state index < -0.39 is 0 Å². The summed E-state index contributed by atoms with van der Waals surface area (Å²) in [6.07, 6.45) is 9.23. The summed E-state index contributed by atoms with van der Waals surface area (Å²) >= 11 is 0. The third kappa shape index (κ3) is 6.22. The quantitative estimate of drug-likeness (QED) is 0.229. The summed E-state index contributed by atoms with van der Waals surface area (Å²) in [5, 5.41) is 0. The first kappa shape index (κ1) is 26.9. The van der Waals surface area contributed by atoms with Crippen molar-refractivity contribution in [3.8, 4) is 22.6 Å². The molecule has 0 radical (unpaired) electrons. The summed E-state index contributed by atoms with van der Waals surface area (Å²) in [5.41, 5.74) is 6.58. The predicted molar refractivity (Wildman–Crippen MR) is 159 cm³/mol. The summed E-state index contributed by atoms with van der Waals surface area (Å²) in [7, 11) is 1.47. The van der Waals surface area contributed by atoms with Gasteiger partial charge in [0.15, 0.2) is 0 Å². The molecule has 4 heteroatoms. The normalized spacial score (nSPS) is 20.6. The molecule has 3 aliphatic carbocycles. The van der Waals surface area contributed by atoms with E-state index in [1.165, 1.54) is 67.0 Å². The highest BCUT2D eigenvalue weighted by atomic mass is 16.5. The Hall–Kier alpha value is -3.27. The lowest BCUT2D eigenvalue weighted by Crippen LogP contribution is -2.16. The molecule has 0 heterocycles. The van der Waals surface area contributed by atoms with Crippen LogP contribution in [0.5, 0.6) is 11.5 Å². The topological polar surface area (TPSA) is 44.8 Å². The molecule has 3 aromatic carbocycles. The van der Waals surface area contributed by atoms with Crippen molar-refractivity contribution in [3.05, 3.63) is 83.4 Å². The second-order valence-corrected chi connectivity index (χ2v) is 12.8. The SMILES string of the molecule is COC(=O)C[C@H](c1cccc(OCc2ccc(-c3cccc(OC4CC4)c3)c([C@@H]3CCCC3(C)C)c2)c1)C1CC1. The Balaban J connectivity index is 1.24. The van der Waals surface area contributed by atoms with Gasteiger partial charge in [0.25, 0.3) is 0 Å². The Kier molecular flexibility index (Phi) is 7.61. The fraction of sp³-hybridized carbons (Fsp3) is 0.472. The van der Waals surface area contributed by atoms with Gasteiger partial charge in [0, 0.05) is 0 Å². The van der Waals surface area contributed by atoms with E-state index in [-0.39, 0.29) is 17.3 Å². The third-order valence-corrected chi connectivity index (χ3v) is 9.22. The first-order valence-corrected chi connectivity index (χ1v) is 15.1. The van der Waals surface area contributed by atoms with Crippen molar-refractivity contribution in [1.82, 2.24) is 0 Å². The highest BCUT2D eigenvalue weighted by Gasteiger charge is 2.37. The molecule has 4 nitrogen and oxygen atoms in total. The van der Waals surface area contributed by atoms with E-state index in [0.717, 1.165) is 24.3 Å². The number of carbonyl (C=O) groups excluding carboxylic acids is 1. The molecule has 0 amide bonds. The number of esters is 1. The second-order valence-electron chi connectivity index (χ2n) is 12.8. The highest BCUT2D eigenvalue weighted by Crippen LogP contribution is 2.51. The Bertz CT molecular complexity index is 1350. The third-order valence-electron chi connectivity index (χ3n) is 9.22. The van der Waals surface area contributed by atoms with Crippen LogP contribution in [0.15, 0.2) is 66.7 Å². The van der Waals surface area contributed by atoms with Gasteiger partial charge in [-0.05, 0) is 114 Å².